The number of ether oxygens (including phenoxy) is 3. The van der Waals surface area contributed by atoms with E-state index >= 15 is 0 Å². The Balaban J connectivity index is 1.61. The van der Waals surface area contributed by atoms with Crippen LogP contribution in [0.15, 0.2) is 23.8 Å². The molecular weight excluding hydrogens is 514 g/mol. The van der Waals surface area contributed by atoms with Gasteiger partial charge in [-0.1, -0.05) is 25.5 Å². The first-order valence-electron chi connectivity index (χ1n) is 13.3. The SMILES string of the molecule is CCOC(=O)O[C@]1(C(=O)COC(=O)CCO[N+](=O)[O-])CCC2C3CCC4=CC(=O)C=C[C@]4(C)C3[C@@H](O)C[C@@]21C. The molecule has 214 valence electrons. The molecule has 0 bridgehead atoms. The van der Waals surface area contributed by atoms with Crippen molar-refractivity contribution in [2.45, 2.75) is 71.0 Å². The predicted molar refractivity (Wildman–Crippen MR) is 132 cm³/mol. The average molecular weight is 550 g/mol. The van der Waals surface area contributed by atoms with Gasteiger partial charge in [-0.2, -0.15) is 0 Å². The molecule has 0 amide bonds. The van der Waals surface area contributed by atoms with Crippen molar-refractivity contribution < 1.29 is 48.4 Å². The van der Waals surface area contributed by atoms with Gasteiger partial charge in [-0.15, -0.1) is 10.1 Å². The molecule has 39 heavy (non-hydrogen) atoms. The summed E-state index contributed by atoms with van der Waals surface area (Å²) >= 11 is 0. The second-order valence-electron chi connectivity index (χ2n) is 11.3. The second kappa shape index (κ2) is 10.7. The molecule has 4 aliphatic carbocycles. The van der Waals surface area contributed by atoms with Crippen LogP contribution in [-0.2, 0) is 33.4 Å². The molecule has 0 saturated heterocycles. The van der Waals surface area contributed by atoms with E-state index in [-0.39, 0.29) is 43.0 Å². The summed E-state index contributed by atoms with van der Waals surface area (Å²) in [6, 6.07) is 0. The minimum atomic E-state index is -1.71. The van der Waals surface area contributed by atoms with Crippen molar-refractivity contribution in [3.05, 3.63) is 33.9 Å². The van der Waals surface area contributed by atoms with Crippen LogP contribution in [0.1, 0.15) is 59.3 Å². The summed E-state index contributed by atoms with van der Waals surface area (Å²) in [6.45, 7) is 4.28. The van der Waals surface area contributed by atoms with Crippen LogP contribution in [0.25, 0.3) is 0 Å². The van der Waals surface area contributed by atoms with E-state index in [0.29, 0.717) is 19.3 Å². The highest BCUT2D eigenvalue weighted by molar-refractivity contribution is 6.01. The normalized spacial score (nSPS) is 36.5. The Kier molecular flexibility index (Phi) is 7.89. The van der Waals surface area contributed by atoms with E-state index in [9.17, 15) is 34.4 Å². The summed E-state index contributed by atoms with van der Waals surface area (Å²) in [5, 5.41) is 20.9. The van der Waals surface area contributed by atoms with Crippen molar-refractivity contribution in [3.63, 3.8) is 0 Å². The van der Waals surface area contributed by atoms with Gasteiger partial charge in [0.15, 0.2) is 18.0 Å². The summed E-state index contributed by atoms with van der Waals surface area (Å²) in [5.74, 6) is -1.88. The Labute approximate surface area is 225 Å². The van der Waals surface area contributed by atoms with Gasteiger partial charge in [0.25, 0.3) is 5.09 Å². The molecule has 0 radical (unpaired) electrons. The zero-order valence-electron chi connectivity index (χ0n) is 22.4. The molecule has 3 fully saturated rings. The van der Waals surface area contributed by atoms with Crippen molar-refractivity contribution in [2.75, 3.05) is 19.8 Å². The minimum absolute atomic E-state index is 0.0129. The fourth-order valence-corrected chi connectivity index (χ4v) is 7.82. The number of carbonyl (C=O) groups excluding carboxylic acids is 4. The van der Waals surface area contributed by atoms with Crippen LogP contribution in [0.5, 0.6) is 0 Å². The molecule has 0 aliphatic heterocycles. The Hall–Kier alpha value is -3.28. The van der Waals surface area contributed by atoms with Crippen LogP contribution < -0.4 is 0 Å². The number of Topliss-reactive ketones (excluding diaryl/α,β-unsaturated/α-hetero) is 1. The van der Waals surface area contributed by atoms with Gasteiger partial charge < -0.3 is 24.2 Å². The largest absolute Gasteiger partial charge is 0.509 e. The van der Waals surface area contributed by atoms with Crippen LogP contribution in [0, 0.1) is 38.7 Å². The highest BCUT2D eigenvalue weighted by atomic mass is 16.9. The van der Waals surface area contributed by atoms with Gasteiger partial charge in [0.2, 0.25) is 5.78 Å². The molecule has 4 aliphatic rings. The van der Waals surface area contributed by atoms with Gasteiger partial charge in [0.1, 0.15) is 6.61 Å². The predicted octanol–water partition coefficient (Wildman–Crippen LogP) is 2.89. The summed E-state index contributed by atoms with van der Waals surface area (Å²) in [6.07, 6.45) is 5.01. The first-order valence-corrected chi connectivity index (χ1v) is 13.3. The van der Waals surface area contributed by atoms with Gasteiger partial charge in [-0.05, 0) is 63.0 Å². The average Bonchev–Trinajstić information content (AvgIpc) is 3.14. The maximum Gasteiger partial charge on any atom is 0.509 e. The molecule has 12 heteroatoms. The van der Waals surface area contributed by atoms with Crippen LogP contribution in [0.4, 0.5) is 4.79 Å². The molecular formula is C27H35NO11. The van der Waals surface area contributed by atoms with Crippen molar-refractivity contribution in [3.8, 4) is 0 Å². The lowest BCUT2D eigenvalue weighted by molar-refractivity contribution is -0.757. The van der Waals surface area contributed by atoms with Crippen LogP contribution in [0.3, 0.4) is 0 Å². The maximum atomic E-state index is 13.8. The lowest BCUT2D eigenvalue weighted by atomic mass is 9.46. The summed E-state index contributed by atoms with van der Waals surface area (Å²) in [5.41, 5.74) is -2.20. The molecule has 12 nitrogen and oxygen atoms in total. The Morgan fingerprint density at radius 1 is 1.21 bits per heavy atom. The fraction of sp³-hybridized carbons (Fsp3) is 0.704. The molecule has 0 aromatic heterocycles. The molecule has 0 heterocycles. The van der Waals surface area contributed by atoms with Crippen molar-refractivity contribution in [2.24, 2.45) is 28.6 Å². The van der Waals surface area contributed by atoms with E-state index in [0.717, 1.165) is 5.57 Å². The number of esters is 1. The summed E-state index contributed by atoms with van der Waals surface area (Å²) < 4.78 is 15.9. The number of ketones is 2. The number of aliphatic hydroxyl groups excluding tert-OH is 1. The summed E-state index contributed by atoms with van der Waals surface area (Å²) in [7, 11) is 0. The number of allylic oxidation sites excluding steroid dienone is 4. The lowest BCUT2D eigenvalue weighted by Crippen LogP contribution is -2.63. The highest BCUT2D eigenvalue weighted by Crippen LogP contribution is 2.68. The van der Waals surface area contributed by atoms with Gasteiger partial charge in [-0.3, -0.25) is 14.4 Å². The van der Waals surface area contributed by atoms with Gasteiger partial charge in [0.05, 0.1) is 19.1 Å². The van der Waals surface area contributed by atoms with Crippen molar-refractivity contribution in [1.29, 1.82) is 0 Å². The molecule has 3 saturated carbocycles. The third-order valence-corrected chi connectivity index (χ3v) is 9.45. The molecule has 7 atom stereocenters. The third-order valence-electron chi connectivity index (χ3n) is 9.45. The first-order chi connectivity index (χ1) is 18.4. The van der Waals surface area contributed by atoms with E-state index < -0.39 is 65.2 Å². The van der Waals surface area contributed by atoms with Crippen molar-refractivity contribution in [1.82, 2.24) is 0 Å². The molecule has 4 rings (SSSR count). The number of fused-ring (bicyclic) bond motifs is 5. The number of rotatable bonds is 9. The minimum Gasteiger partial charge on any atom is -0.457 e. The molecule has 0 aromatic rings. The molecule has 1 N–H and O–H groups in total. The summed E-state index contributed by atoms with van der Waals surface area (Å²) in [4.78, 5) is 64.9. The van der Waals surface area contributed by atoms with E-state index in [2.05, 4.69) is 4.84 Å². The van der Waals surface area contributed by atoms with Crippen LogP contribution in [-0.4, -0.2) is 65.4 Å². The Morgan fingerprint density at radius 2 is 1.95 bits per heavy atom. The number of nitrogens with zero attached hydrogens (tertiary/aromatic N) is 1. The van der Waals surface area contributed by atoms with Gasteiger partial charge >= 0.3 is 12.1 Å². The quantitative estimate of drug-likeness (QED) is 0.255. The zero-order valence-corrected chi connectivity index (χ0v) is 22.4. The lowest BCUT2D eigenvalue weighted by Gasteiger charge is -2.59. The Morgan fingerprint density at radius 3 is 2.64 bits per heavy atom. The molecule has 3 unspecified atom stereocenters. The number of carbonyl (C=O) groups is 4. The molecule has 0 aromatic carbocycles. The third kappa shape index (κ3) is 4.94. The van der Waals surface area contributed by atoms with E-state index in [4.69, 9.17) is 14.2 Å². The number of hydrogen-bond acceptors (Lipinski definition) is 11. The molecule has 0 spiro atoms. The standard InChI is InChI=1S/C27H35NO11/c1-4-36-24(33)39-27(21(31)15-37-22(32)9-12-38-28(34)35)11-8-19-18-6-5-16-13-17(29)7-10-25(16,2)23(18)20(30)14-26(19,27)3/h7,10,13,18-20,23,30H,4-6,8-9,11-12,14-15H2,1-3H3/t18?,19?,20-,23?,25-,26-,27-/m0/s1. The second-order valence-corrected chi connectivity index (χ2v) is 11.3. The first kappa shape index (κ1) is 28.7. The van der Waals surface area contributed by atoms with Crippen LogP contribution >= 0.6 is 0 Å². The fourth-order valence-electron chi connectivity index (χ4n) is 7.82. The maximum absolute atomic E-state index is 13.8. The Bertz CT molecular complexity index is 1120. The van der Waals surface area contributed by atoms with Crippen LogP contribution in [0.2, 0.25) is 0 Å². The highest BCUT2D eigenvalue weighted by Gasteiger charge is 2.70. The van der Waals surface area contributed by atoms with Gasteiger partial charge in [0, 0.05) is 16.7 Å². The van der Waals surface area contributed by atoms with E-state index in [1.165, 1.54) is 0 Å². The van der Waals surface area contributed by atoms with Gasteiger partial charge in [-0.25, -0.2) is 4.79 Å². The monoisotopic (exact) mass is 549 g/mol. The topological polar surface area (TPSA) is 169 Å². The number of hydrogen-bond donors (Lipinski definition) is 1. The number of aliphatic hydroxyl groups is 1. The zero-order chi connectivity index (χ0) is 28.6. The van der Waals surface area contributed by atoms with E-state index in [1.807, 2.05) is 19.9 Å². The van der Waals surface area contributed by atoms with E-state index in [1.54, 1.807) is 19.1 Å². The smallest absolute Gasteiger partial charge is 0.457 e. The van der Waals surface area contributed by atoms with Crippen molar-refractivity contribution >= 4 is 23.7 Å².